The number of esters is 1. The van der Waals surface area contributed by atoms with Gasteiger partial charge in [-0.25, -0.2) is 9.78 Å². The molecule has 0 saturated heterocycles. The lowest BCUT2D eigenvalue weighted by atomic mass is 10.2. The molecule has 32 heavy (non-hydrogen) atoms. The number of anilines is 1. The summed E-state index contributed by atoms with van der Waals surface area (Å²) < 4.78 is 15.9. The molecule has 1 aromatic carbocycles. The molecule has 3 aromatic heterocycles. The van der Waals surface area contributed by atoms with Crippen LogP contribution >= 0.6 is 11.8 Å². The first-order chi connectivity index (χ1) is 15.7. The highest BCUT2D eigenvalue weighted by atomic mass is 32.2. The number of carbonyl (C=O) groups excluding carboxylic acids is 2. The van der Waals surface area contributed by atoms with E-state index < -0.39 is 5.97 Å². The van der Waals surface area contributed by atoms with Crippen molar-refractivity contribution in [2.24, 2.45) is 0 Å². The number of benzene rings is 1. The highest BCUT2D eigenvalue weighted by Crippen LogP contribution is 2.30. The minimum Gasteiger partial charge on any atom is -0.463 e. The lowest BCUT2D eigenvalue weighted by molar-refractivity contribution is -0.113. The maximum atomic E-state index is 12.5. The monoisotopic (exact) mass is 450 g/mol. The summed E-state index contributed by atoms with van der Waals surface area (Å²) in [5.41, 5.74) is 1.55. The Morgan fingerprint density at radius 2 is 1.69 bits per heavy atom. The van der Waals surface area contributed by atoms with E-state index >= 15 is 0 Å². The van der Waals surface area contributed by atoms with Crippen molar-refractivity contribution in [1.82, 2.24) is 15.2 Å². The lowest BCUT2D eigenvalue weighted by Crippen LogP contribution is -2.17. The van der Waals surface area contributed by atoms with Gasteiger partial charge in [-0.05, 0) is 43.3 Å². The van der Waals surface area contributed by atoms with Gasteiger partial charge in [0.25, 0.3) is 0 Å². The van der Waals surface area contributed by atoms with Crippen molar-refractivity contribution in [2.45, 2.75) is 12.1 Å². The molecular formula is C22H18N4O5S. The first-order valence-corrected chi connectivity index (χ1v) is 10.7. The van der Waals surface area contributed by atoms with E-state index in [1.807, 2.05) is 0 Å². The number of furan rings is 2. The molecule has 0 atom stereocenters. The molecule has 10 heteroatoms. The number of nitrogens with one attached hydrogen (secondary N) is 1. The van der Waals surface area contributed by atoms with E-state index in [1.54, 1.807) is 55.5 Å². The Morgan fingerprint density at radius 3 is 2.38 bits per heavy atom. The SMILES string of the molecule is CCOC(=O)c1ccccc1NC(=O)CSc1nnc(-c2ccco2)c(-c2ccco2)n1. The Labute approximate surface area is 187 Å². The van der Waals surface area contributed by atoms with E-state index in [0.29, 0.717) is 33.8 Å². The molecule has 0 spiro atoms. The topological polar surface area (TPSA) is 120 Å². The molecule has 0 aliphatic carbocycles. The molecule has 1 N–H and O–H groups in total. The van der Waals surface area contributed by atoms with E-state index in [-0.39, 0.29) is 23.8 Å². The average Bonchev–Trinajstić information content (AvgIpc) is 3.52. The number of hydrogen-bond donors (Lipinski definition) is 1. The van der Waals surface area contributed by atoms with Crippen LogP contribution in [0, 0.1) is 0 Å². The van der Waals surface area contributed by atoms with Crippen LogP contribution in [0.4, 0.5) is 5.69 Å². The van der Waals surface area contributed by atoms with Gasteiger partial charge in [0.05, 0.1) is 36.1 Å². The zero-order chi connectivity index (χ0) is 22.3. The summed E-state index contributed by atoms with van der Waals surface area (Å²) in [6, 6.07) is 13.6. The molecular weight excluding hydrogens is 432 g/mol. The fourth-order valence-electron chi connectivity index (χ4n) is 2.83. The maximum Gasteiger partial charge on any atom is 0.340 e. The molecule has 4 aromatic rings. The van der Waals surface area contributed by atoms with Crippen LogP contribution in [0.3, 0.4) is 0 Å². The van der Waals surface area contributed by atoms with Gasteiger partial charge in [0.1, 0.15) is 5.69 Å². The smallest absolute Gasteiger partial charge is 0.340 e. The fourth-order valence-corrected chi connectivity index (χ4v) is 3.42. The minimum atomic E-state index is -0.500. The van der Waals surface area contributed by atoms with E-state index in [4.69, 9.17) is 13.6 Å². The first kappa shape index (κ1) is 21.3. The molecule has 1 amide bonds. The molecule has 0 aliphatic heterocycles. The van der Waals surface area contributed by atoms with Crippen LogP contribution in [-0.2, 0) is 9.53 Å². The number of para-hydroxylation sites is 1. The van der Waals surface area contributed by atoms with Crippen LogP contribution in [0.5, 0.6) is 0 Å². The second kappa shape index (κ2) is 9.92. The molecule has 0 bridgehead atoms. The van der Waals surface area contributed by atoms with Crippen molar-refractivity contribution in [3.8, 4) is 22.9 Å². The van der Waals surface area contributed by atoms with Gasteiger partial charge >= 0.3 is 5.97 Å². The van der Waals surface area contributed by atoms with Crippen LogP contribution in [0.2, 0.25) is 0 Å². The quantitative estimate of drug-likeness (QED) is 0.309. The van der Waals surface area contributed by atoms with E-state index in [1.165, 1.54) is 12.5 Å². The number of carbonyl (C=O) groups is 2. The number of hydrogen-bond acceptors (Lipinski definition) is 9. The molecule has 0 fully saturated rings. The summed E-state index contributed by atoms with van der Waals surface area (Å²) in [6.45, 7) is 1.96. The molecule has 0 saturated carbocycles. The van der Waals surface area contributed by atoms with Crippen molar-refractivity contribution in [3.63, 3.8) is 0 Å². The van der Waals surface area contributed by atoms with Crippen LogP contribution in [-0.4, -0.2) is 39.4 Å². The van der Waals surface area contributed by atoms with Crippen molar-refractivity contribution in [2.75, 3.05) is 17.7 Å². The molecule has 0 unspecified atom stereocenters. The number of ether oxygens (including phenoxy) is 1. The molecule has 162 valence electrons. The summed E-state index contributed by atoms with van der Waals surface area (Å²) >= 11 is 1.10. The summed E-state index contributed by atoms with van der Waals surface area (Å²) in [5, 5.41) is 11.3. The third kappa shape index (κ3) is 4.86. The third-order valence-electron chi connectivity index (χ3n) is 4.21. The van der Waals surface area contributed by atoms with Crippen molar-refractivity contribution < 1.29 is 23.2 Å². The Balaban J connectivity index is 1.48. The van der Waals surface area contributed by atoms with Crippen molar-refractivity contribution >= 4 is 29.3 Å². The first-order valence-electron chi connectivity index (χ1n) is 9.67. The number of rotatable bonds is 8. The van der Waals surface area contributed by atoms with Gasteiger partial charge in [-0.1, -0.05) is 23.9 Å². The van der Waals surface area contributed by atoms with E-state index in [2.05, 4.69) is 20.5 Å². The second-order valence-corrected chi connectivity index (χ2v) is 7.29. The van der Waals surface area contributed by atoms with E-state index in [9.17, 15) is 9.59 Å². The zero-order valence-electron chi connectivity index (χ0n) is 17.0. The molecule has 9 nitrogen and oxygen atoms in total. The molecule has 0 aliphatic rings. The van der Waals surface area contributed by atoms with E-state index in [0.717, 1.165) is 11.8 Å². The summed E-state index contributed by atoms with van der Waals surface area (Å²) in [5.74, 6) is 0.184. The van der Waals surface area contributed by atoms with Crippen molar-refractivity contribution in [1.29, 1.82) is 0 Å². The van der Waals surface area contributed by atoms with Crippen LogP contribution in [0.25, 0.3) is 22.9 Å². The van der Waals surface area contributed by atoms with Crippen LogP contribution in [0.15, 0.2) is 75.0 Å². The van der Waals surface area contributed by atoms with Gasteiger partial charge in [0, 0.05) is 0 Å². The van der Waals surface area contributed by atoms with Gasteiger partial charge < -0.3 is 18.9 Å². The predicted molar refractivity (Wildman–Crippen MR) is 117 cm³/mol. The minimum absolute atomic E-state index is 0.0104. The van der Waals surface area contributed by atoms with Gasteiger partial charge in [-0.15, -0.1) is 10.2 Å². The summed E-state index contributed by atoms with van der Waals surface area (Å²) in [4.78, 5) is 29.1. The number of amides is 1. The number of thioether (sulfide) groups is 1. The largest absolute Gasteiger partial charge is 0.463 e. The Morgan fingerprint density at radius 1 is 0.969 bits per heavy atom. The van der Waals surface area contributed by atoms with Gasteiger partial charge in [0.2, 0.25) is 11.1 Å². The Kier molecular flexibility index (Phi) is 6.61. The molecule has 4 rings (SSSR count). The summed E-state index contributed by atoms with van der Waals surface area (Å²) in [6.07, 6.45) is 3.06. The second-order valence-electron chi connectivity index (χ2n) is 6.35. The Hall–Kier alpha value is -3.92. The number of nitrogens with zero attached hydrogens (tertiary/aromatic N) is 3. The number of aromatic nitrogens is 3. The van der Waals surface area contributed by atoms with Gasteiger partial charge in [-0.3, -0.25) is 4.79 Å². The Bertz CT molecular complexity index is 1210. The predicted octanol–water partition coefficient (Wildman–Crippen LogP) is 4.30. The standard InChI is InChI=1S/C22H18N4O5S/c1-2-29-21(28)14-7-3-4-8-15(14)23-18(27)13-32-22-24-19(16-9-5-11-30-16)20(25-26-22)17-10-6-12-31-17/h3-12H,2,13H2,1H3,(H,23,27). The molecule has 0 radical (unpaired) electrons. The van der Waals surface area contributed by atoms with Crippen molar-refractivity contribution in [3.05, 3.63) is 66.6 Å². The molecule has 3 heterocycles. The fraction of sp³-hybridized carbons (Fsp3) is 0.136. The third-order valence-corrected chi connectivity index (χ3v) is 5.04. The maximum absolute atomic E-state index is 12.5. The highest BCUT2D eigenvalue weighted by Gasteiger charge is 2.19. The average molecular weight is 450 g/mol. The van der Waals surface area contributed by atoms with Gasteiger partial charge in [0.15, 0.2) is 17.2 Å². The van der Waals surface area contributed by atoms with Crippen LogP contribution in [0.1, 0.15) is 17.3 Å². The summed E-state index contributed by atoms with van der Waals surface area (Å²) in [7, 11) is 0. The lowest BCUT2D eigenvalue weighted by Gasteiger charge is -2.10. The zero-order valence-corrected chi connectivity index (χ0v) is 17.8. The van der Waals surface area contributed by atoms with Gasteiger partial charge in [-0.2, -0.15) is 0 Å². The van der Waals surface area contributed by atoms with Crippen LogP contribution < -0.4 is 5.32 Å². The highest BCUT2D eigenvalue weighted by molar-refractivity contribution is 7.99. The normalized spacial score (nSPS) is 10.7.